The number of nitrogens with zero attached hydrogens (tertiary/aromatic N) is 4. The maximum atomic E-state index is 10.2. The van der Waals surface area contributed by atoms with Crippen LogP contribution >= 0.6 is 11.6 Å². The number of ether oxygens (including phenoxy) is 1. The second kappa shape index (κ2) is 6.87. The molecule has 6 atom stereocenters. The average Bonchev–Trinajstić information content (AvgIpc) is 3.28. The van der Waals surface area contributed by atoms with Crippen LogP contribution in [0.15, 0.2) is 6.33 Å². The van der Waals surface area contributed by atoms with Gasteiger partial charge in [-0.1, -0.05) is 0 Å². The number of aliphatic hydroxyl groups excluding tert-OH is 4. The molecule has 2 aromatic rings. The Morgan fingerprint density at radius 1 is 1.23 bits per heavy atom. The molecule has 0 bridgehead atoms. The predicted molar refractivity (Wildman–Crippen MR) is 90.6 cm³/mol. The minimum Gasteiger partial charge on any atom is -0.394 e. The van der Waals surface area contributed by atoms with Crippen molar-refractivity contribution < 1.29 is 25.2 Å². The summed E-state index contributed by atoms with van der Waals surface area (Å²) in [6.45, 7) is -0.427. The Kier molecular flexibility index (Phi) is 4.71. The number of aliphatic hydroxyl groups is 4. The molecule has 1 aliphatic heterocycles. The summed E-state index contributed by atoms with van der Waals surface area (Å²) in [6.07, 6.45) is -0.988. The van der Waals surface area contributed by atoms with Crippen LogP contribution in [-0.2, 0) is 4.74 Å². The monoisotopic (exact) mass is 385 g/mol. The zero-order valence-electron chi connectivity index (χ0n) is 13.7. The summed E-state index contributed by atoms with van der Waals surface area (Å²) in [6, 6.07) is -0.150. The van der Waals surface area contributed by atoms with Crippen molar-refractivity contribution >= 4 is 28.6 Å². The van der Waals surface area contributed by atoms with Crippen LogP contribution in [-0.4, -0.2) is 77.0 Å². The molecular formula is C15H20ClN5O5. The average molecular weight is 386 g/mol. The fraction of sp³-hybridized carbons (Fsp3) is 0.667. The van der Waals surface area contributed by atoms with Gasteiger partial charge in [0, 0.05) is 0 Å². The molecule has 2 aliphatic rings. The van der Waals surface area contributed by atoms with Crippen molar-refractivity contribution in [2.45, 2.75) is 55.9 Å². The molecule has 0 radical (unpaired) electrons. The lowest BCUT2D eigenvalue weighted by molar-refractivity contribution is -0.0511. The summed E-state index contributed by atoms with van der Waals surface area (Å²) in [4.78, 5) is 12.6. The third-order valence-corrected chi connectivity index (χ3v) is 5.16. The molecular weight excluding hydrogens is 366 g/mol. The van der Waals surface area contributed by atoms with Crippen LogP contribution in [0.5, 0.6) is 0 Å². The second-order valence-electron chi connectivity index (χ2n) is 6.64. The largest absolute Gasteiger partial charge is 0.394 e. The number of imidazole rings is 1. The fourth-order valence-electron chi connectivity index (χ4n) is 3.57. The normalized spacial score (nSPS) is 34.7. The molecule has 1 saturated carbocycles. The predicted octanol–water partition coefficient (Wildman–Crippen LogP) is -0.584. The van der Waals surface area contributed by atoms with Crippen molar-refractivity contribution in [3.63, 3.8) is 0 Å². The third kappa shape index (κ3) is 2.92. The lowest BCUT2D eigenvalue weighted by Crippen LogP contribution is -2.33. The summed E-state index contributed by atoms with van der Waals surface area (Å²) in [5, 5.41) is 42.6. The van der Waals surface area contributed by atoms with E-state index in [2.05, 4.69) is 20.3 Å². The molecule has 142 valence electrons. The molecule has 26 heavy (non-hydrogen) atoms. The fourth-order valence-corrected chi connectivity index (χ4v) is 3.74. The lowest BCUT2D eigenvalue weighted by atomic mass is 10.1. The topological polar surface area (TPSA) is 146 Å². The second-order valence-corrected chi connectivity index (χ2v) is 6.98. The highest BCUT2D eigenvalue weighted by Gasteiger charge is 2.44. The standard InChI is InChI=1S/C15H20ClN5O5/c16-15-19-12(18-6-2-1-3-7(6)23)9-13(20-15)21(5-17-9)14-11(25)10(24)8(4-22)26-14/h5-8,10-11,14,22-25H,1-4H2,(H,18,19,20)/t6-,7+,8+,10+,11+,14+/m0/s1. The van der Waals surface area contributed by atoms with E-state index < -0.39 is 37.3 Å². The third-order valence-electron chi connectivity index (χ3n) is 4.99. The quantitative estimate of drug-likeness (QED) is 0.436. The van der Waals surface area contributed by atoms with Crippen molar-refractivity contribution in [2.75, 3.05) is 11.9 Å². The molecule has 5 N–H and O–H groups in total. The van der Waals surface area contributed by atoms with Crippen LogP contribution in [0.3, 0.4) is 0 Å². The Morgan fingerprint density at radius 3 is 2.69 bits per heavy atom. The molecule has 11 heteroatoms. The van der Waals surface area contributed by atoms with Gasteiger partial charge in [0.1, 0.15) is 18.3 Å². The minimum atomic E-state index is -1.26. The van der Waals surface area contributed by atoms with E-state index in [0.29, 0.717) is 17.0 Å². The van der Waals surface area contributed by atoms with Crippen LogP contribution < -0.4 is 5.32 Å². The number of nitrogens with one attached hydrogen (secondary N) is 1. The Morgan fingerprint density at radius 2 is 2.04 bits per heavy atom. The number of anilines is 1. The summed E-state index contributed by atoms with van der Waals surface area (Å²) in [5.41, 5.74) is 0.723. The first-order chi connectivity index (χ1) is 12.5. The summed E-state index contributed by atoms with van der Waals surface area (Å²) in [5.74, 6) is 0.386. The molecule has 10 nitrogen and oxygen atoms in total. The first-order valence-corrected chi connectivity index (χ1v) is 8.84. The smallest absolute Gasteiger partial charge is 0.226 e. The Labute approximate surface area is 153 Å². The van der Waals surface area contributed by atoms with Gasteiger partial charge in [-0.3, -0.25) is 4.57 Å². The molecule has 0 spiro atoms. The zero-order valence-corrected chi connectivity index (χ0v) is 14.5. The molecule has 1 saturated heterocycles. The van der Waals surface area contributed by atoms with E-state index in [4.69, 9.17) is 16.3 Å². The highest BCUT2D eigenvalue weighted by atomic mass is 35.5. The highest BCUT2D eigenvalue weighted by Crippen LogP contribution is 2.33. The van der Waals surface area contributed by atoms with Gasteiger partial charge >= 0.3 is 0 Å². The van der Waals surface area contributed by atoms with Crippen molar-refractivity contribution in [1.29, 1.82) is 0 Å². The van der Waals surface area contributed by atoms with Crippen LogP contribution in [0.25, 0.3) is 11.2 Å². The highest BCUT2D eigenvalue weighted by molar-refractivity contribution is 6.28. The number of rotatable bonds is 4. The number of hydrogen-bond acceptors (Lipinski definition) is 9. The summed E-state index contributed by atoms with van der Waals surface area (Å²) < 4.78 is 6.97. The maximum absolute atomic E-state index is 10.2. The molecule has 0 amide bonds. The van der Waals surface area contributed by atoms with Gasteiger partial charge in [-0.15, -0.1) is 0 Å². The van der Waals surface area contributed by atoms with Crippen molar-refractivity contribution in [1.82, 2.24) is 19.5 Å². The lowest BCUT2D eigenvalue weighted by Gasteiger charge is -2.18. The molecule has 2 fully saturated rings. The first-order valence-electron chi connectivity index (χ1n) is 8.46. The van der Waals surface area contributed by atoms with Gasteiger partial charge in [0.05, 0.1) is 25.1 Å². The number of hydrogen-bond donors (Lipinski definition) is 5. The van der Waals surface area contributed by atoms with Gasteiger partial charge < -0.3 is 30.5 Å². The molecule has 2 aromatic heterocycles. The van der Waals surface area contributed by atoms with Gasteiger partial charge in [0.2, 0.25) is 5.28 Å². The van der Waals surface area contributed by atoms with Crippen molar-refractivity contribution in [3.8, 4) is 0 Å². The van der Waals surface area contributed by atoms with Gasteiger partial charge in [-0.2, -0.15) is 9.97 Å². The van der Waals surface area contributed by atoms with Crippen LogP contribution in [0, 0.1) is 0 Å². The van der Waals surface area contributed by atoms with Gasteiger partial charge in [0.25, 0.3) is 0 Å². The molecule has 1 aliphatic carbocycles. The molecule has 0 unspecified atom stereocenters. The van der Waals surface area contributed by atoms with Gasteiger partial charge in [-0.25, -0.2) is 4.98 Å². The first kappa shape index (κ1) is 17.8. The number of fused-ring (bicyclic) bond motifs is 1. The maximum Gasteiger partial charge on any atom is 0.226 e. The number of aromatic nitrogens is 4. The van der Waals surface area contributed by atoms with Gasteiger partial charge in [-0.05, 0) is 30.9 Å². The van der Waals surface area contributed by atoms with Gasteiger partial charge in [0.15, 0.2) is 23.2 Å². The zero-order chi connectivity index (χ0) is 18.4. The van der Waals surface area contributed by atoms with E-state index in [0.717, 1.165) is 19.3 Å². The Bertz CT molecular complexity index is 804. The van der Waals surface area contributed by atoms with E-state index >= 15 is 0 Å². The Balaban J connectivity index is 1.70. The van der Waals surface area contributed by atoms with E-state index in [1.807, 2.05) is 0 Å². The van der Waals surface area contributed by atoms with E-state index in [1.54, 1.807) is 0 Å². The number of halogens is 1. The van der Waals surface area contributed by atoms with Crippen LogP contribution in [0.4, 0.5) is 5.82 Å². The summed E-state index contributed by atoms with van der Waals surface area (Å²) in [7, 11) is 0. The van der Waals surface area contributed by atoms with Crippen molar-refractivity contribution in [3.05, 3.63) is 11.6 Å². The van der Waals surface area contributed by atoms with E-state index in [-0.39, 0.29) is 11.3 Å². The summed E-state index contributed by atoms with van der Waals surface area (Å²) >= 11 is 6.04. The minimum absolute atomic E-state index is 0.0269. The molecule has 0 aromatic carbocycles. The van der Waals surface area contributed by atoms with Crippen molar-refractivity contribution in [2.24, 2.45) is 0 Å². The van der Waals surface area contributed by atoms with E-state index in [1.165, 1.54) is 10.9 Å². The molecule has 3 heterocycles. The molecule has 4 rings (SSSR count). The Hall–Kier alpha value is -1.56. The van der Waals surface area contributed by atoms with E-state index in [9.17, 15) is 20.4 Å². The SMILES string of the molecule is OC[C@H]1O[C@@H](n2cnc3c(N[C@H]4CCC[C@H]4O)nc(Cl)nc32)[C@H](O)[C@@H]1O. The van der Waals surface area contributed by atoms with Crippen LogP contribution in [0.2, 0.25) is 5.28 Å². The van der Waals surface area contributed by atoms with Crippen LogP contribution in [0.1, 0.15) is 25.5 Å².